The molecule has 1 N–H and O–H groups in total. The molecule has 1 aromatic carbocycles. The number of hydrogen-bond donors (Lipinski definition) is 1. The summed E-state index contributed by atoms with van der Waals surface area (Å²) in [5, 5.41) is 13.4. The van der Waals surface area contributed by atoms with E-state index in [1.807, 2.05) is 0 Å². The summed E-state index contributed by atoms with van der Waals surface area (Å²) >= 11 is 5.93. The number of carbonyl (C=O) groups is 1. The van der Waals surface area contributed by atoms with Gasteiger partial charge in [-0.15, -0.1) is 0 Å². The van der Waals surface area contributed by atoms with Crippen LogP contribution in [0.1, 0.15) is 10.4 Å². The minimum Gasteiger partial charge on any atom is -0.478 e. The molecule has 0 bridgehead atoms. The number of carboxylic acids is 1. The van der Waals surface area contributed by atoms with Crippen LogP contribution < -0.4 is 0 Å². The summed E-state index contributed by atoms with van der Waals surface area (Å²) in [5.74, 6) is -1.65. The Labute approximate surface area is 117 Å². The van der Waals surface area contributed by atoms with Gasteiger partial charge in [-0.1, -0.05) is 23.7 Å². The predicted octanol–water partition coefficient (Wildman–Crippen LogP) is 2.89. The van der Waals surface area contributed by atoms with Crippen LogP contribution in [0.2, 0.25) is 5.02 Å². The van der Waals surface area contributed by atoms with Crippen molar-refractivity contribution in [2.75, 3.05) is 0 Å². The van der Waals surface area contributed by atoms with E-state index in [9.17, 15) is 14.3 Å². The predicted molar refractivity (Wildman–Crippen MR) is 70.4 cm³/mol. The molecule has 2 aromatic heterocycles. The molecule has 0 saturated heterocycles. The SMILES string of the molecule is O=C(O)c1cn2ncc(Cl)c2nc1-c1cccc(F)c1. The highest BCUT2D eigenvalue weighted by Gasteiger charge is 2.17. The molecule has 0 fully saturated rings. The second-order valence-corrected chi connectivity index (χ2v) is 4.49. The van der Waals surface area contributed by atoms with Gasteiger partial charge in [0, 0.05) is 11.8 Å². The monoisotopic (exact) mass is 291 g/mol. The van der Waals surface area contributed by atoms with Crippen molar-refractivity contribution in [3.8, 4) is 11.3 Å². The van der Waals surface area contributed by atoms with Gasteiger partial charge in [0.1, 0.15) is 16.4 Å². The van der Waals surface area contributed by atoms with Crippen LogP contribution in [0.4, 0.5) is 4.39 Å². The number of aromatic nitrogens is 3. The molecule has 7 heteroatoms. The normalized spacial score (nSPS) is 10.9. The van der Waals surface area contributed by atoms with Gasteiger partial charge >= 0.3 is 5.97 Å². The first-order valence-electron chi connectivity index (χ1n) is 5.59. The zero-order valence-electron chi connectivity index (χ0n) is 9.92. The summed E-state index contributed by atoms with van der Waals surface area (Å²) in [7, 11) is 0. The van der Waals surface area contributed by atoms with Crippen molar-refractivity contribution in [2.45, 2.75) is 0 Å². The summed E-state index contributed by atoms with van der Waals surface area (Å²) in [6.45, 7) is 0. The summed E-state index contributed by atoms with van der Waals surface area (Å²) in [4.78, 5) is 15.5. The second-order valence-electron chi connectivity index (χ2n) is 4.08. The van der Waals surface area contributed by atoms with E-state index in [1.54, 1.807) is 6.07 Å². The summed E-state index contributed by atoms with van der Waals surface area (Å²) in [5.41, 5.74) is 0.743. The van der Waals surface area contributed by atoms with Crippen molar-refractivity contribution in [1.29, 1.82) is 0 Å². The summed E-state index contributed by atoms with van der Waals surface area (Å²) < 4.78 is 14.6. The van der Waals surface area contributed by atoms with E-state index in [0.717, 1.165) is 0 Å². The minimum absolute atomic E-state index is 0.0807. The van der Waals surface area contributed by atoms with Gasteiger partial charge in [-0.3, -0.25) is 0 Å². The van der Waals surface area contributed by atoms with E-state index in [2.05, 4.69) is 10.1 Å². The molecule has 0 amide bonds. The van der Waals surface area contributed by atoms with Crippen LogP contribution in [0.15, 0.2) is 36.7 Å². The molecule has 0 aliphatic rings. The van der Waals surface area contributed by atoms with Gasteiger partial charge in [0.2, 0.25) is 0 Å². The third-order valence-corrected chi connectivity index (χ3v) is 3.05. The van der Waals surface area contributed by atoms with Gasteiger partial charge < -0.3 is 5.11 Å². The second kappa shape index (κ2) is 4.57. The summed E-state index contributed by atoms with van der Waals surface area (Å²) in [6.07, 6.45) is 2.67. The lowest BCUT2D eigenvalue weighted by Gasteiger charge is -2.06. The lowest BCUT2D eigenvalue weighted by atomic mass is 10.1. The van der Waals surface area contributed by atoms with Gasteiger partial charge in [-0.05, 0) is 12.1 Å². The van der Waals surface area contributed by atoms with Crippen LogP contribution in [0.3, 0.4) is 0 Å². The molecule has 0 aliphatic carbocycles. The Morgan fingerprint density at radius 1 is 1.40 bits per heavy atom. The van der Waals surface area contributed by atoms with Gasteiger partial charge in [0.15, 0.2) is 5.65 Å². The van der Waals surface area contributed by atoms with E-state index in [1.165, 1.54) is 35.1 Å². The number of benzene rings is 1. The first kappa shape index (κ1) is 12.6. The third kappa shape index (κ3) is 2.00. The highest BCUT2D eigenvalue weighted by atomic mass is 35.5. The highest BCUT2D eigenvalue weighted by Crippen LogP contribution is 2.25. The molecule has 5 nitrogen and oxygen atoms in total. The molecule has 0 saturated carbocycles. The number of halogens is 2. The molecule has 3 rings (SSSR count). The number of hydrogen-bond acceptors (Lipinski definition) is 3. The van der Waals surface area contributed by atoms with E-state index in [-0.39, 0.29) is 11.3 Å². The van der Waals surface area contributed by atoms with Crippen molar-refractivity contribution < 1.29 is 14.3 Å². The minimum atomic E-state index is -1.18. The molecule has 0 atom stereocenters. The Hall–Kier alpha value is -2.47. The van der Waals surface area contributed by atoms with Crippen LogP contribution in [-0.4, -0.2) is 25.7 Å². The molecule has 0 spiro atoms. The van der Waals surface area contributed by atoms with E-state index >= 15 is 0 Å². The molecule has 0 aliphatic heterocycles. The van der Waals surface area contributed by atoms with Gasteiger partial charge in [0.25, 0.3) is 0 Å². The lowest BCUT2D eigenvalue weighted by molar-refractivity contribution is 0.0696. The van der Waals surface area contributed by atoms with E-state index in [4.69, 9.17) is 11.6 Å². The number of nitrogens with zero attached hydrogens (tertiary/aromatic N) is 3. The molecule has 0 unspecified atom stereocenters. The molecule has 2 heterocycles. The number of aromatic carboxylic acids is 1. The zero-order valence-corrected chi connectivity index (χ0v) is 10.7. The standard InChI is InChI=1S/C13H7ClFN3O2/c14-10-5-16-18-6-9(13(19)20)11(17-12(10)18)7-2-1-3-8(15)4-7/h1-6H,(H,19,20). The van der Waals surface area contributed by atoms with Crippen molar-refractivity contribution in [2.24, 2.45) is 0 Å². The first-order chi connectivity index (χ1) is 9.56. The molecule has 0 radical (unpaired) electrons. The van der Waals surface area contributed by atoms with Crippen LogP contribution in [0, 0.1) is 5.82 Å². The molecular formula is C13H7ClFN3O2. The fraction of sp³-hybridized carbons (Fsp3) is 0. The van der Waals surface area contributed by atoms with E-state index < -0.39 is 11.8 Å². The van der Waals surface area contributed by atoms with Crippen LogP contribution in [0.25, 0.3) is 16.9 Å². The Bertz CT molecular complexity index is 832. The first-order valence-corrected chi connectivity index (χ1v) is 5.97. The molecule has 3 aromatic rings. The maximum absolute atomic E-state index is 13.3. The third-order valence-electron chi connectivity index (χ3n) is 2.78. The zero-order chi connectivity index (χ0) is 14.3. The number of fused-ring (bicyclic) bond motifs is 1. The van der Waals surface area contributed by atoms with Gasteiger partial charge in [-0.25, -0.2) is 18.7 Å². The maximum Gasteiger partial charge on any atom is 0.339 e. The Balaban J connectivity index is 2.34. The van der Waals surface area contributed by atoms with Crippen LogP contribution in [0.5, 0.6) is 0 Å². The molecule has 20 heavy (non-hydrogen) atoms. The average Bonchev–Trinajstić information content (AvgIpc) is 2.78. The quantitative estimate of drug-likeness (QED) is 0.788. The maximum atomic E-state index is 13.3. The topological polar surface area (TPSA) is 67.5 Å². The number of carboxylic acid groups (broad SMARTS) is 1. The van der Waals surface area contributed by atoms with Crippen molar-refractivity contribution in [1.82, 2.24) is 14.6 Å². The highest BCUT2D eigenvalue weighted by molar-refractivity contribution is 6.33. The fourth-order valence-electron chi connectivity index (χ4n) is 1.90. The average molecular weight is 292 g/mol. The largest absolute Gasteiger partial charge is 0.478 e. The smallest absolute Gasteiger partial charge is 0.339 e. The fourth-order valence-corrected chi connectivity index (χ4v) is 2.07. The molecule has 100 valence electrons. The van der Waals surface area contributed by atoms with Crippen molar-refractivity contribution >= 4 is 23.2 Å². The van der Waals surface area contributed by atoms with Crippen molar-refractivity contribution in [3.05, 3.63) is 53.1 Å². The van der Waals surface area contributed by atoms with Gasteiger partial charge in [0.05, 0.1) is 11.9 Å². The number of rotatable bonds is 2. The van der Waals surface area contributed by atoms with E-state index in [0.29, 0.717) is 16.2 Å². The van der Waals surface area contributed by atoms with Crippen LogP contribution >= 0.6 is 11.6 Å². The van der Waals surface area contributed by atoms with Crippen LogP contribution in [-0.2, 0) is 0 Å². The molecular weight excluding hydrogens is 285 g/mol. The Kier molecular flexibility index (Phi) is 2.87. The van der Waals surface area contributed by atoms with Crippen molar-refractivity contribution in [3.63, 3.8) is 0 Å². The lowest BCUT2D eigenvalue weighted by Crippen LogP contribution is -2.05. The summed E-state index contributed by atoms with van der Waals surface area (Å²) in [6, 6.07) is 5.56. The Morgan fingerprint density at radius 3 is 2.90 bits per heavy atom. The Morgan fingerprint density at radius 2 is 2.20 bits per heavy atom. The van der Waals surface area contributed by atoms with Gasteiger partial charge in [-0.2, -0.15) is 5.10 Å².